The molecule has 2 heterocycles. The van der Waals surface area contributed by atoms with E-state index in [2.05, 4.69) is 15.2 Å². The Morgan fingerprint density at radius 1 is 0.969 bits per heavy atom. The summed E-state index contributed by atoms with van der Waals surface area (Å²) in [6.07, 6.45) is 1.76. The van der Waals surface area contributed by atoms with Crippen molar-refractivity contribution in [3.05, 3.63) is 96.2 Å². The van der Waals surface area contributed by atoms with Crippen LogP contribution in [-0.4, -0.2) is 28.1 Å². The van der Waals surface area contributed by atoms with Gasteiger partial charge < -0.3 is 14.1 Å². The fourth-order valence-corrected chi connectivity index (χ4v) is 4.47. The zero-order chi connectivity index (χ0) is 21.9. The third-order valence-electron chi connectivity index (χ3n) is 5.16. The Morgan fingerprint density at radius 3 is 2.50 bits per heavy atom. The molecule has 0 fully saturated rings. The van der Waals surface area contributed by atoms with Gasteiger partial charge in [0.15, 0.2) is 5.78 Å². The second-order valence-electron chi connectivity index (χ2n) is 7.12. The number of nitrogens with one attached hydrogen (secondary N) is 1. The predicted octanol–water partition coefficient (Wildman–Crippen LogP) is 5.94. The summed E-state index contributed by atoms with van der Waals surface area (Å²) in [4.78, 5) is 16.8. The van der Waals surface area contributed by atoms with Crippen molar-refractivity contribution in [2.45, 2.75) is 10.5 Å². The Bertz CT molecular complexity index is 1360. The second kappa shape index (κ2) is 8.72. The van der Waals surface area contributed by atoms with Crippen LogP contribution in [-0.2, 0) is 0 Å². The molecule has 0 aliphatic heterocycles. The molecule has 0 aliphatic rings. The Labute approximate surface area is 188 Å². The molecular formula is C25H19N3O3S. The zero-order valence-electron chi connectivity index (χ0n) is 17.2. The number of ether oxygens (including phenoxy) is 1. The monoisotopic (exact) mass is 441 g/mol. The van der Waals surface area contributed by atoms with Gasteiger partial charge in [-0.3, -0.25) is 4.79 Å². The molecule has 1 N–H and O–H groups in total. The summed E-state index contributed by atoms with van der Waals surface area (Å²) in [7, 11) is 1.62. The molecule has 5 aromatic rings. The molecule has 0 saturated heterocycles. The summed E-state index contributed by atoms with van der Waals surface area (Å²) in [5, 5.41) is 9.04. The van der Waals surface area contributed by atoms with E-state index in [1.165, 1.54) is 11.8 Å². The molecule has 158 valence electrons. The highest BCUT2D eigenvalue weighted by molar-refractivity contribution is 8.00. The molecule has 0 bridgehead atoms. The van der Waals surface area contributed by atoms with Gasteiger partial charge in [-0.15, -0.1) is 10.2 Å². The average molecular weight is 442 g/mol. The van der Waals surface area contributed by atoms with Crippen molar-refractivity contribution in [2.75, 3.05) is 7.11 Å². The Morgan fingerprint density at radius 2 is 1.72 bits per heavy atom. The van der Waals surface area contributed by atoms with Gasteiger partial charge in [-0.2, -0.15) is 0 Å². The van der Waals surface area contributed by atoms with E-state index in [0.717, 1.165) is 27.8 Å². The first kappa shape index (κ1) is 20.1. The number of aromatic amines is 1. The molecule has 1 atom stereocenters. The topological polar surface area (TPSA) is 81.0 Å². The largest absolute Gasteiger partial charge is 0.497 e. The van der Waals surface area contributed by atoms with Crippen molar-refractivity contribution in [3.63, 3.8) is 0 Å². The highest BCUT2D eigenvalue weighted by atomic mass is 32.2. The maximum atomic E-state index is 13.6. The number of thioether (sulfide) groups is 1. The number of Topliss-reactive ketones (excluding diaryl/α,β-unsaturated/α-hetero) is 1. The Balaban J connectivity index is 1.47. The van der Waals surface area contributed by atoms with Crippen LogP contribution in [0, 0.1) is 0 Å². The first-order valence-electron chi connectivity index (χ1n) is 10.0. The summed E-state index contributed by atoms with van der Waals surface area (Å²) >= 11 is 1.25. The average Bonchev–Trinajstić information content (AvgIpc) is 3.50. The zero-order valence-corrected chi connectivity index (χ0v) is 18.0. The number of carbonyl (C=O) groups is 1. The summed E-state index contributed by atoms with van der Waals surface area (Å²) in [5.74, 6) is 1.11. The van der Waals surface area contributed by atoms with Gasteiger partial charge in [0.05, 0.1) is 7.11 Å². The molecule has 1 unspecified atom stereocenters. The first-order valence-corrected chi connectivity index (χ1v) is 10.9. The number of carbonyl (C=O) groups excluding carboxylic acids is 1. The molecule has 2 aromatic heterocycles. The molecule has 6 nitrogen and oxygen atoms in total. The smallest absolute Gasteiger partial charge is 0.277 e. The molecule has 0 aliphatic carbocycles. The highest BCUT2D eigenvalue weighted by Crippen LogP contribution is 2.39. The fourth-order valence-electron chi connectivity index (χ4n) is 3.53. The minimum absolute atomic E-state index is 0.0251. The summed E-state index contributed by atoms with van der Waals surface area (Å²) in [6, 6.07) is 24.8. The van der Waals surface area contributed by atoms with Gasteiger partial charge in [-0.25, -0.2) is 0 Å². The van der Waals surface area contributed by atoms with Gasteiger partial charge in [0.25, 0.3) is 5.22 Å². The molecule has 3 aromatic carbocycles. The number of hydrogen-bond donors (Lipinski definition) is 1. The maximum Gasteiger partial charge on any atom is 0.277 e. The molecule has 32 heavy (non-hydrogen) atoms. The lowest BCUT2D eigenvalue weighted by Crippen LogP contribution is -2.09. The van der Waals surface area contributed by atoms with Crippen LogP contribution in [0.2, 0.25) is 0 Å². The van der Waals surface area contributed by atoms with Gasteiger partial charge in [0, 0.05) is 28.2 Å². The molecule has 5 rings (SSSR count). The second-order valence-corrected chi connectivity index (χ2v) is 8.18. The van der Waals surface area contributed by atoms with Gasteiger partial charge in [0.2, 0.25) is 5.89 Å². The summed E-state index contributed by atoms with van der Waals surface area (Å²) < 4.78 is 11.1. The fraction of sp³-hybridized carbons (Fsp3) is 0.0800. The number of hydrogen-bond acceptors (Lipinski definition) is 6. The van der Waals surface area contributed by atoms with Crippen LogP contribution in [0.15, 0.2) is 94.7 Å². The molecule has 0 radical (unpaired) electrons. The van der Waals surface area contributed by atoms with E-state index < -0.39 is 5.25 Å². The van der Waals surface area contributed by atoms with Crippen molar-refractivity contribution < 1.29 is 13.9 Å². The SMILES string of the molecule is COc1ccc(-c2nnc(SC(C(=O)c3c[nH]c4ccccc34)c3ccccc3)o2)cc1. The van der Waals surface area contributed by atoms with Crippen LogP contribution in [0.5, 0.6) is 5.75 Å². The van der Waals surface area contributed by atoms with E-state index in [1.807, 2.05) is 78.9 Å². The third-order valence-corrected chi connectivity index (χ3v) is 6.25. The lowest BCUT2D eigenvalue weighted by atomic mass is 10.0. The van der Waals surface area contributed by atoms with E-state index in [4.69, 9.17) is 9.15 Å². The van der Waals surface area contributed by atoms with Gasteiger partial charge in [-0.1, -0.05) is 48.5 Å². The number of rotatable bonds is 7. The molecule has 0 amide bonds. The van der Waals surface area contributed by atoms with E-state index in [-0.39, 0.29) is 5.78 Å². The highest BCUT2D eigenvalue weighted by Gasteiger charge is 2.27. The van der Waals surface area contributed by atoms with E-state index >= 15 is 0 Å². The number of H-pyrrole nitrogens is 1. The summed E-state index contributed by atoms with van der Waals surface area (Å²) in [6.45, 7) is 0. The van der Waals surface area contributed by atoms with E-state index in [0.29, 0.717) is 16.7 Å². The summed E-state index contributed by atoms with van der Waals surface area (Å²) in [5.41, 5.74) is 3.21. The molecule has 0 spiro atoms. The van der Waals surface area contributed by atoms with Crippen LogP contribution < -0.4 is 4.74 Å². The van der Waals surface area contributed by atoms with Crippen molar-refractivity contribution in [1.29, 1.82) is 0 Å². The van der Waals surface area contributed by atoms with Crippen molar-refractivity contribution in [2.24, 2.45) is 0 Å². The molecular weight excluding hydrogens is 422 g/mol. The molecule has 7 heteroatoms. The van der Waals surface area contributed by atoms with Gasteiger partial charge in [-0.05, 0) is 47.7 Å². The maximum absolute atomic E-state index is 13.6. The number of ketones is 1. The Kier molecular flexibility index (Phi) is 5.47. The molecule has 0 saturated carbocycles. The minimum Gasteiger partial charge on any atom is -0.497 e. The van der Waals surface area contributed by atoms with Crippen LogP contribution in [0.1, 0.15) is 21.2 Å². The first-order chi connectivity index (χ1) is 15.7. The lowest BCUT2D eigenvalue weighted by molar-refractivity contribution is 0.0990. The van der Waals surface area contributed by atoms with Crippen LogP contribution >= 0.6 is 11.8 Å². The number of methoxy groups -OCH3 is 1. The number of para-hydroxylation sites is 1. The van der Waals surface area contributed by atoms with Crippen molar-refractivity contribution in [1.82, 2.24) is 15.2 Å². The lowest BCUT2D eigenvalue weighted by Gasteiger charge is -2.13. The number of aromatic nitrogens is 3. The van der Waals surface area contributed by atoms with Crippen LogP contribution in [0.25, 0.3) is 22.4 Å². The van der Waals surface area contributed by atoms with Crippen LogP contribution in [0.3, 0.4) is 0 Å². The number of fused-ring (bicyclic) bond motifs is 1. The number of nitrogens with zero attached hydrogens (tertiary/aromatic N) is 2. The Hall–Kier alpha value is -3.84. The van der Waals surface area contributed by atoms with Gasteiger partial charge >= 0.3 is 0 Å². The third kappa shape index (κ3) is 3.90. The van der Waals surface area contributed by atoms with Crippen LogP contribution in [0.4, 0.5) is 0 Å². The van der Waals surface area contributed by atoms with E-state index in [1.54, 1.807) is 13.3 Å². The van der Waals surface area contributed by atoms with Gasteiger partial charge in [0.1, 0.15) is 11.0 Å². The standard InChI is InChI=1S/C25H19N3O3S/c1-30-18-13-11-17(12-14-18)24-27-28-25(31-24)32-23(16-7-3-2-4-8-16)22(29)20-15-26-21-10-6-5-9-19(20)21/h2-15,23,26H,1H3. The normalized spacial score (nSPS) is 12.0. The predicted molar refractivity (Wildman–Crippen MR) is 124 cm³/mol. The quantitative estimate of drug-likeness (QED) is 0.249. The minimum atomic E-state index is -0.528. The van der Waals surface area contributed by atoms with E-state index in [9.17, 15) is 4.79 Å². The van der Waals surface area contributed by atoms with Crippen molar-refractivity contribution >= 4 is 28.4 Å². The number of benzene rings is 3. The van der Waals surface area contributed by atoms with Crippen molar-refractivity contribution in [3.8, 4) is 17.2 Å².